The van der Waals surface area contributed by atoms with Crippen molar-refractivity contribution in [3.63, 3.8) is 0 Å². The quantitative estimate of drug-likeness (QED) is 0.408. The first-order valence-corrected chi connectivity index (χ1v) is 5.72. The van der Waals surface area contributed by atoms with Crippen LogP contribution in [-0.2, 0) is 0 Å². The topological polar surface area (TPSA) is 93.4 Å². The lowest BCUT2D eigenvalue weighted by Crippen LogP contribution is -2.27. The van der Waals surface area contributed by atoms with E-state index in [4.69, 9.17) is 5.11 Å². The van der Waals surface area contributed by atoms with Crippen LogP contribution < -0.4 is 0 Å². The molecule has 0 aromatic heterocycles. The van der Waals surface area contributed by atoms with Gasteiger partial charge in [0, 0.05) is 6.54 Å². The monoisotopic (exact) mass is 254 g/mol. The van der Waals surface area contributed by atoms with Gasteiger partial charge in [-0.2, -0.15) is 0 Å². The molecule has 6 heteroatoms. The molecule has 0 spiro atoms. The van der Waals surface area contributed by atoms with Gasteiger partial charge in [-0.1, -0.05) is 19.9 Å². The van der Waals surface area contributed by atoms with Crippen molar-refractivity contribution >= 4 is 0 Å². The zero-order chi connectivity index (χ0) is 13.7. The fraction of sp³-hybridized carbons (Fsp3) is 0.500. The van der Waals surface area contributed by atoms with Crippen LogP contribution in [0.15, 0.2) is 23.5 Å². The Labute approximate surface area is 105 Å². The van der Waals surface area contributed by atoms with Crippen molar-refractivity contribution in [2.75, 3.05) is 13.1 Å². The van der Waals surface area contributed by atoms with Gasteiger partial charge in [0.2, 0.25) is 0 Å². The molecule has 3 N–H and O–H groups in total. The van der Waals surface area contributed by atoms with Crippen LogP contribution in [0, 0.1) is 10.8 Å². The summed E-state index contributed by atoms with van der Waals surface area (Å²) in [4.78, 5) is 10.6. The average Bonchev–Trinajstić information content (AvgIpc) is 2.31. The largest absolute Gasteiger partial charge is 0.504 e. The molecule has 0 fully saturated rings. The van der Waals surface area contributed by atoms with Gasteiger partial charge in [0.1, 0.15) is 0 Å². The second-order valence-corrected chi connectivity index (χ2v) is 4.61. The molecule has 0 bridgehead atoms. The predicted octanol–water partition coefficient (Wildman–Crippen LogP) is 1.77. The van der Waals surface area contributed by atoms with E-state index in [0.717, 1.165) is 0 Å². The van der Waals surface area contributed by atoms with Crippen LogP contribution in [0.2, 0.25) is 0 Å². The number of phenolic OH excluding ortho intramolecular Hbond substituents is 2. The number of nitrogens with zero attached hydrogens (tertiary/aromatic N) is 2. The van der Waals surface area contributed by atoms with Gasteiger partial charge in [0.05, 0.1) is 17.9 Å². The van der Waals surface area contributed by atoms with Crippen LogP contribution in [0.4, 0.5) is 0 Å². The lowest BCUT2D eigenvalue weighted by atomic mass is 10.1. The number of aromatic hydroxyl groups is 2. The van der Waals surface area contributed by atoms with Crippen molar-refractivity contribution in [3.05, 3.63) is 28.7 Å². The number of hydrogen-bond acceptors (Lipinski definition) is 5. The number of aliphatic hydroxyl groups is 1. The van der Waals surface area contributed by atoms with Crippen LogP contribution in [0.25, 0.3) is 0 Å². The van der Waals surface area contributed by atoms with Gasteiger partial charge in [-0.05, 0) is 23.6 Å². The Morgan fingerprint density at radius 2 is 1.89 bits per heavy atom. The number of rotatable bonds is 6. The molecule has 1 aromatic rings. The third-order valence-corrected chi connectivity index (χ3v) is 2.46. The van der Waals surface area contributed by atoms with E-state index in [0.29, 0.717) is 12.1 Å². The smallest absolute Gasteiger partial charge is 0.157 e. The third kappa shape index (κ3) is 3.89. The second-order valence-electron chi connectivity index (χ2n) is 4.61. The minimum atomic E-state index is -0.951. The maximum Gasteiger partial charge on any atom is 0.157 e. The standard InChI is InChI=1S/C12H18N2O4/c1-8(2)6-14(13-18)7-12(17)9-3-4-10(15)11(16)5-9/h3-5,8,12,15-17H,6-7H2,1-2H3. The lowest BCUT2D eigenvalue weighted by molar-refractivity contribution is 0.107. The summed E-state index contributed by atoms with van der Waals surface area (Å²) in [5, 5.41) is 32.5. The molecule has 18 heavy (non-hydrogen) atoms. The summed E-state index contributed by atoms with van der Waals surface area (Å²) in [5.41, 5.74) is 0.419. The molecule has 6 nitrogen and oxygen atoms in total. The lowest BCUT2D eigenvalue weighted by Gasteiger charge is -2.21. The third-order valence-electron chi connectivity index (χ3n) is 2.46. The predicted molar refractivity (Wildman–Crippen MR) is 66.9 cm³/mol. The number of phenols is 2. The van der Waals surface area contributed by atoms with Gasteiger partial charge in [0.15, 0.2) is 11.5 Å². The van der Waals surface area contributed by atoms with Gasteiger partial charge in [-0.3, -0.25) is 5.01 Å². The molecule has 0 aliphatic carbocycles. The van der Waals surface area contributed by atoms with E-state index in [2.05, 4.69) is 5.29 Å². The minimum Gasteiger partial charge on any atom is -0.504 e. The number of benzene rings is 1. The summed E-state index contributed by atoms with van der Waals surface area (Å²) in [6.45, 7) is 4.38. The first-order valence-electron chi connectivity index (χ1n) is 5.72. The Hall–Kier alpha value is -1.82. The molecule has 1 aromatic carbocycles. The van der Waals surface area contributed by atoms with E-state index < -0.39 is 6.10 Å². The molecule has 0 heterocycles. The molecule has 0 saturated heterocycles. The van der Waals surface area contributed by atoms with Crippen molar-refractivity contribution in [3.8, 4) is 11.5 Å². The van der Waals surface area contributed by atoms with Crippen molar-refractivity contribution in [2.45, 2.75) is 20.0 Å². The Bertz CT molecular complexity index is 409. The number of aliphatic hydroxyl groups excluding tert-OH is 1. The van der Waals surface area contributed by atoms with Crippen molar-refractivity contribution in [1.29, 1.82) is 0 Å². The summed E-state index contributed by atoms with van der Waals surface area (Å²) in [5.74, 6) is -0.303. The van der Waals surface area contributed by atoms with Crippen LogP contribution in [0.5, 0.6) is 11.5 Å². The zero-order valence-electron chi connectivity index (χ0n) is 10.4. The first kappa shape index (κ1) is 14.2. The van der Waals surface area contributed by atoms with Crippen LogP contribution in [0.1, 0.15) is 25.5 Å². The van der Waals surface area contributed by atoms with E-state index in [1.165, 1.54) is 23.2 Å². The number of hydrogen-bond donors (Lipinski definition) is 3. The molecular weight excluding hydrogens is 236 g/mol. The molecule has 0 aliphatic heterocycles. The Morgan fingerprint density at radius 1 is 1.22 bits per heavy atom. The molecule has 1 rings (SSSR count). The van der Waals surface area contributed by atoms with Crippen molar-refractivity contribution in [1.82, 2.24) is 5.01 Å². The maximum atomic E-state index is 10.6. The SMILES string of the molecule is CC(C)CN(CC(O)c1ccc(O)c(O)c1)N=O. The summed E-state index contributed by atoms with van der Waals surface area (Å²) in [6.07, 6.45) is -0.951. The molecule has 0 radical (unpaired) electrons. The van der Waals surface area contributed by atoms with E-state index >= 15 is 0 Å². The minimum absolute atomic E-state index is 0.0475. The normalized spacial score (nSPS) is 12.4. The Balaban J connectivity index is 2.71. The molecule has 0 saturated carbocycles. The fourth-order valence-electron chi connectivity index (χ4n) is 1.62. The van der Waals surface area contributed by atoms with Crippen molar-refractivity contribution < 1.29 is 15.3 Å². The number of nitroso groups, excluding NO2 is 1. The highest BCUT2D eigenvalue weighted by Gasteiger charge is 2.15. The molecule has 1 atom stereocenters. The summed E-state index contributed by atoms with van der Waals surface area (Å²) < 4.78 is 0. The average molecular weight is 254 g/mol. The highest BCUT2D eigenvalue weighted by molar-refractivity contribution is 5.41. The van der Waals surface area contributed by atoms with E-state index in [1.807, 2.05) is 13.8 Å². The van der Waals surface area contributed by atoms with Gasteiger partial charge >= 0.3 is 0 Å². The molecule has 100 valence electrons. The van der Waals surface area contributed by atoms with E-state index in [1.54, 1.807) is 0 Å². The summed E-state index contributed by atoms with van der Waals surface area (Å²) in [7, 11) is 0. The Kier molecular flexibility index (Phi) is 4.91. The molecule has 0 amide bonds. The Morgan fingerprint density at radius 3 is 2.39 bits per heavy atom. The molecular formula is C12H18N2O4. The highest BCUT2D eigenvalue weighted by Crippen LogP contribution is 2.28. The van der Waals surface area contributed by atoms with Gasteiger partial charge in [-0.15, -0.1) is 4.91 Å². The highest BCUT2D eigenvalue weighted by atomic mass is 16.3. The van der Waals surface area contributed by atoms with Gasteiger partial charge in [0.25, 0.3) is 0 Å². The van der Waals surface area contributed by atoms with Gasteiger partial charge < -0.3 is 15.3 Å². The van der Waals surface area contributed by atoms with Crippen LogP contribution >= 0.6 is 0 Å². The van der Waals surface area contributed by atoms with Crippen LogP contribution in [-0.4, -0.2) is 33.4 Å². The van der Waals surface area contributed by atoms with Gasteiger partial charge in [-0.25, -0.2) is 0 Å². The molecule has 1 unspecified atom stereocenters. The summed E-state index contributed by atoms with van der Waals surface area (Å²) >= 11 is 0. The maximum absolute atomic E-state index is 10.6. The van der Waals surface area contributed by atoms with E-state index in [9.17, 15) is 15.1 Å². The second kappa shape index (κ2) is 6.20. The fourth-order valence-corrected chi connectivity index (χ4v) is 1.62. The van der Waals surface area contributed by atoms with Crippen molar-refractivity contribution in [2.24, 2.45) is 11.2 Å². The first-order chi connectivity index (χ1) is 8.43. The van der Waals surface area contributed by atoms with E-state index in [-0.39, 0.29) is 24.0 Å². The van der Waals surface area contributed by atoms with Crippen LogP contribution in [0.3, 0.4) is 0 Å². The zero-order valence-corrected chi connectivity index (χ0v) is 10.4. The molecule has 0 aliphatic rings. The summed E-state index contributed by atoms with van der Waals surface area (Å²) in [6, 6.07) is 4.03.